The fourth-order valence-electron chi connectivity index (χ4n) is 2.39. The van der Waals surface area contributed by atoms with E-state index >= 15 is 0 Å². The number of carbonyl (C=O) groups excluding carboxylic acids is 1. The van der Waals surface area contributed by atoms with Crippen molar-refractivity contribution in [2.24, 2.45) is 0 Å². The molecule has 1 heterocycles. The van der Waals surface area contributed by atoms with Crippen molar-refractivity contribution < 1.29 is 30.0 Å². The van der Waals surface area contributed by atoms with Crippen LogP contribution in [0.4, 0.5) is 0 Å². The van der Waals surface area contributed by atoms with Gasteiger partial charge in [-0.25, -0.2) is 0 Å². The van der Waals surface area contributed by atoms with Gasteiger partial charge in [-0.3, -0.25) is 9.78 Å². The van der Waals surface area contributed by atoms with E-state index in [1.54, 1.807) is 0 Å². The maximum Gasteiger partial charge on any atom is 0.155 e. The summed E-state index contributed by atoms with van der Waals surface area (Å²) < 4.78 is 0. The summed E-state index contributed by atoms with van der Waals surface area (Å²) in [5, 5.41) is 9.54. The first-order valence-electron chi connectivity index (χ1n) is 8.24. The number of para-hydroxylation sites is 1. The molecule has 1 radical (unpaired) electrons. The number of benzene rings is 2. The fraction of sp³-hybridized carbons (Fsp3) is 0.182. The van der Waals surface area contributed by atoms with Crippen molar-refractivity contribution in [1.29, 1.82) is 0 Å². The molecule has 2 aromatic carbocycles. The molecule has 3 aromatic rings. The van der Waals surface area contributed by atoms with Gasteiger partial charge in [-0.15, -0.1) is 35.4 Å². The largest absolute Gasteiger partial charge is 0.512 e. The number of carbonyl (C=O) groups is 1. The summed E-state index contributed by atoms with van der Waals surface area (Å²) in [4.78, 5) is 14.7. The quantitative estimate of drug-likeness (QED) is 0.288. The summed E-state index contributed by atoms with van der Waals surface area (Å²) in [7, 11) is 0. The van der Waals surface area contributed by atoms with Gasteiger partial charge in [0.15, 0.2) is 5.78 Å². The molecule has 3 nitrogen and oxygen atoms in total. The van der Waals surface area contributed by atoms with Gasteiger partial charge in [0.05, 0.1) is 11.3 Å². The van der Waals surface area contributed by atoms with Crippen LogP contribution in [-0.2, 0) is 31.3 Å². The second-order valence-electron chi connectivity index (χ2n) is 5.75. The molecule has 0 saturated carbocycles. The van der Waals surface area contributed by atoms with Gasteiger partial charge in [-0.2, -0.15) is 0 Å². The summed E-state index contributed by atoms with van der Waals surface area (Å²) >= 11 is 0. The van der Waals surface area contributed by atoms with Crippen molar-refractivity contribution in [3.05, 3.63) is 78.1 Å². The number of pyridine rings is 1. The van der Waals surface area contributed by atoms with Gasteiger partial charge < -0.3 is 5.11 Å². The predicted molar refractivity (Wildman–Crippen MR) is 102 cm³/mol. The summed E-state index contributed by atoms with van der Waals surface area (Å²) in [6.45, 7) is 5.01. The molecule has 3 rings (SSSR count). The van der Waals surface area contributed by atoms with Gasteiger partial charge in [-0.1, -0.05) is 37.3 Å². The number of hydrogen-bond acceptors (Lipinski definition) is 3. The first-order chi connectivity index (χ1) is 12.0. The second-order valence-corrected chi connectivity index (χ2v) is 5.75. The first kappa shape index (κ1) is 21.8. The molecule has 137 valence electrons. The third-order valence-corrected chi connectivity index (χ3v) is 3.56. The standard InChI is InChI=1S/C17H14N.C5H8O2.Ir/c1-2-13-6-5-8-15(12-13)17-11-10-14-7-3-4-9-16(14)18-17;1-4(6)3-5(2)7;/h3-7,9-12H,2H2,1H3;3,6H,1-2H3;/q-1;;/b;4-3-;. The van der Waals surface area contributed by atoms with Crippen molar-refractivity contribution in [3.8, 4) is 11.3 Å². The van der Waals surface area contributed by atoms with E-state index in [1.807, 2.05) is 24.3 Å². The third kappa shape index (κ3) is 6.55. The zero-order chi connectivity index (χ0) is 18.2. The minimum Gasteiger partial charge on any atom is -0.512 e. The molecule has 0 spiro atoms. The topological polar surface area (TPSA) is 50.2 Å². The van der Waals surface area contributed by atoms with E-state index in [-0.39, 0.29) is 31.6 Å². The van der Waals surface area contributed by atoms with Crippen molar-refractivity contribution in [3.63, 3.8) is 0 Å². The normalized spacial score (nSPS) is 10.5. The Morgan fingerprint density at radius 1 is 1.15 bits per heavy atom. The Balaban J connectivity index is 0.000000366. The zero-order valence-corrected chi connectivity index (χ0v) is 17.5. The number of nitrogens with zero attached hydrogens (tertiary/aromatic N) is 1. The summed E-state index contributed by atoms with van der Waals surface area (Å²) in [6.07, 6.45) is 2.20. The van der Waals surface area contributed by atoms with Crippen LogP contribution in [0.3, 0.4) is 0 Å². The molecule has 0 atom stereocenters. The number of aliphatic hydroxyl groups is 1. The van der Waals surface area contributed by atoms with Crippen LogP contribution in [0, 0.1) is 6.07 Å². The molecule has 0 fully saturated rings. The van der Waals surface area contributed by atoms with E-state index in [0.29, 0.717) is 0 Å². The molecule has 0 aliphatic heterocycles. The number of ketones is 1. The summed E-state index contributed by atoms with van der Waals surface area (Å²) in [6, 6.07) is 21.9. The van der Waals surface area contributed by atoms with E-state index in [2.05, 4.69) is 48.3 Å². The maximum absolute atomic E-state index is 10.0. The molecule has 0 bridgehead atoms. The minimum atomic E-state index is -0.125. The number of fused-ring (bicyclic) bond motifs is 1. The molecule has 0 aliphatic rings. The minimum absolute atomic E-state index is 0. The van der Waals surface area contributed by atoms with E-state index in [4.69, 9.17) is 5.11 Å². The number of aryl methyl sites for hydroxylation is 1. The predicted octanol–water partition coefficient (Wildman–Crippen LogP) is 5.30. The third-order valence-electron chi connectivity index (χ3n) is 3.56. The van der Waals surface area contributed by atoms with Gasteiger partial charge in [0.25, 0.3) is 0 Å². The molecule has 0 amide bonds. The van der Waals surface area contributed by atoms with Crippen molar-refractivity contribution in [2.45, 2.75) is 27.2 Å². The van der Waals surface area contributed by atoms with Crippen LogP contribution in [0.5, 0.6) is 0 Å². The summed E-state index contributed by atoms with van der Waals surface area (Å²) in [5.74, 6) is -0.0625. The second kappa shape index (κ2) is 10.6. The monoisotopic (exact) mass is 525 g/mol. The van der Waals surface area contributed by atoms with Crippen molar-refractivity contribution >= 4 is 16.7 Å². The van der Waals surface area contributed by atoms with Gasteiger partial charge >= 0.3 is 0 Å². The van der Waals surface area contributed by atoms with E-state index in [1.165, 1.54) is 30.9 Å². The van der Waals surface area contributed by atoms with Crippen LogP contribution < -0.4 is 0 Å². The number of allylic oxidation sites excluding steroid dienone is 2. The molecule has 26 heavy (non-hydrogen) atoms. The van der Waals surface area contributed by atoms with Gasteiger partial charge in [-0.05, 0) is 37.4 Å². The van der Waals surface area contributed by atoms with E-state index < -0.39 is 0 Å². The van der Waals surface area contributed by atoms with E-state index in [9.17, 15) is 4.79 Å². The Morgan fingerprint density at radius 2 is 1.88 bits per heavy atom. The fourth-order valence-corrected chi connectivity index (χ4v) is 2.39. The van der Waals surface area contributed by atoms with Crippen LogP contribution in [-0.4, -0.2) is 15.9 Å². The Hall–Kier alpha value is -2.29. The molecule has 0 saturated heterocycles. The zero-order valence-electron chi connectivity index (χ0n) is 15.1. The van der Waals surface area contributed by atoms with E-state index in [0.717, 1.165) is 23.2 Å². The number of aliphatic hydroxyl groups excluding tert-OH is 1. The Morgan fingerprint density at radius 3 is 2.50 bits per heavy atom. The molecular weight excluding hydrogens is 502 g/mol. The number of hydrogen-bond donors (Lipinski definition) is 1. The average Bonchev–Trinajstić information content (AvgIpc) is 2.60. The molecule has 1 aromatic heterocycles. The van der Waals surface area contributed by atoms with Crippen LogP contribution >= 0.6 is 0 Å². The van der Waals surface area contributed by atoms with Crippen molar-refractivity contribution in [2.75, 3.05) is 0 Å². The van der Waals surface area contributed by atoms with Crippen molar-refractivity contribution in [1.82, 2.24) is 4.98 Å². The molecule has 0 aliphatic carbocycles. The first-order valence-corrected chi connectivity index (χ1v) is 8.24. The van der Waals surface area contributed by atoms with Gasteiger partial charge in [0.2, 0.25) is 0 Å². The Bertz CT molecular complexity index is 899. The van der Waals surface area contributed by atoms with Gasteiger partial charge in [0, 0.05) is 26.2 Å². The summed E-state index contributed by atoms with van der Waals surface area (Å²) in [5.41, 5.74) is 4.41. The molecular formula is C22H22IrNO2-. The SMILES string of the molecule is CC(=O)/C=C(/C)O.CCc1cc[c-]c(-c2ccc3ccccc3n2)c1.[Ir]. The smallest absolute Gasteiger partial charge is 0.155 e. The molecule has 4 heteroatoms. The van der Waals surface area contributed by atoms with Crippen LogP contribution in [0.1, 0.15) is 26.3 Å². The van der Waals surface area contributed by atoms with Crippen LogP contribution in [0.15, 0.2) is 66.4 Å². The van der Waals surface area contributed by atoms with Crippen LogP contribution in [0.25, 0.3) is 22.2 Å². The van der Waals surface area contributed by atoms with Crippen LogP contribution in [0.2, 0.25) is 0 Å². The Kier molecular flexibility index (Phi) is 8.91. The Labute approximate surface area is 168 Å². The average molecular weight is 525 g/mol. The number of aromatic nitrogens is 1. The molecule has 0 unspecified atom stereocenters. The number of rotatable bonds is 3. The van der Waals surface area contributed by atoms with Gasteiger partial charge in [0.1, 0.15) is 0 Å². The maximum atomic E-state index is 10.0. The molecule has 1 N–H and O–H groups in total.